The normalized spacial score (nSPS) is 13.0. The molecule has 0 aliphatic rings. The first kappa shape index (κ1) is 18.0. The largest absolute Gasteiger partial charge is 0.389 e. The molecule has 4 nitrogen and oxygen atoms in total. The van der Waals surface area contributed by atoms with Crippen molar-refractivity contribution < 1.29 is 5.11 Å². The molecule has 0 aliphatic carbocycles. The van der Waals surface area contributed by atoms with E-state index in [2.05, 4.69) is 11.4 Å². The second kappa shape index (κ2) is 7.98. The van der Waals surface area contributed by atoms with Crippen molar-refractivity contribution in [1.29, 1.82) is 5.26 Å². The number of nitrogens with one attached hydrogen (secondary N) is 1. The van der Waals surface area contributed by atoms with Crippen molar-refractivity contribution >= 4 is 23.3 Å². The molecular formula is C19H20ClN3O. The van der Waals surface area contributed by atoms with E-state index in [4.69, 9.17) is 0 Å². The van der Waals surface area contributed by atoms with Gasteiger partial charge in [0.05, 0.1) is 23.2 Å². The molecule has 0 amide bonds. The summed E-state index contributed by atoms with van der Waals surface area (Å²) in [5.74, 6) is 0. The number of nitrogens with zero attached hydrogens (tertiary/aromatic N) is 2. The Morgan fingerprint density at radius 3 is 2.46 bits per heavy atom. The fraction of sp³-hybridized carbons (Fsp3) is 0.211. The van der Waals surface area contributed by atoms with Gasteiger partial charge >= 0.3 is 0 Å². The van der Waals surface area contributed by atoms with Crippen LogP contribution in [0.15, 0.2) is 60.8 Å². The lowest BCUT2D eigenvalue weighted by Gasteiger charge is -2.26. The van der Waals surface area contributed by atoms with E-state index in [1.54, 1.807) is 0 Å². The molecule has 0 saturated carbocycles. The summed E-state index contributed by atoms with van der Waals surface area (Å²) in [6.07, 6.45) is 1.23. The minimum absolute atomic E-state index is 0. The maximum atomic E-state index is 10.7. The van der Waals surface area contributed by atoms with Crippen molar-refractivity contribution in [1.82, 2.24) is 9.88 Å². The molecule has 24 heavy (non-hydrogen) atoms. The Morgan fingerprint density at radius 2 is 1.79 bits per heavy atom. The standard InChI is InChI=1S/C19H19N3O.ClH/c1-21-12-18(23)19(14-7-3-2-4-8-14)22-13-15(11-20)16-9-5-6-10-17(16)22;/h2-10,13,18-19,21,23H,12H2,1H3;1H/t18-,19+;/m1./s1. The molecule has 1 aromatic heterocycles. The number of aliphatic hydroxyl groups is 1. The maximum Gasteiger partial charge on any atom is 0.101 e. The molecule has 0 bridgehead atoms. The Labute approximate surface area is 147 Å². The molecule has 0 aliphatic heterocycles. The number of aromatic nitrogens is 1. The highest BCUT2D eigenvalue weighted by molar-refractivity contribution is 5.86. The van der Waals surface area contributed by atoms with Crippen LogP contribution in [0.1, 0.15) is 17.2 Å². The highest BCUT2D eigenvalue weighted by Crippen LogP contribution is 2.30. The van der Waals surface area contributed by atoms with Crippen molar-refractivity contribution in [3.05, 3.63) is 71.9 Å². The third-order valence-electron chi connectivity index (χ3n) is 4.08. The van der Waals surface area contributed by atoms with Crippen LogP contribution < -0.4 is 5.32 Å². The van der Waals surface area contributed by atoms with E-state index in [1.807, 2.05) is 72.4 Å². The predicted octanol–water partition coefficient (Wildman–Crippen LogP) is 3.10. The van der Waals surface area contributed by atoms with Crippen molar-refractivity contribution in [2.45, 2.75) is 12.1 Å². The zero-order chi connectivity index (χ0) is 16.2. The Bertz CT molecular complexity index is 839. The van der Waals surface area contributed by atoms with Gasteiger partial charge in [-0.15, -0.1) is 12.4 Å². The Balaban J connectivity index is 0.00000208. The van der Waals surface area contributed by atoms with Gasteiger partial charge < -0.3 is 15.0 Å². The molecule has 1 heterocycles. The molecule has 124 valence electrons. The number of para-hydroxylation sites is 1. The summed E-state index contributed by atoms with van der Waals surface area (Å²) in [5.41, 5.74) is 2.59. The van der Waals surface area contributed by atoms with Gasteiger partial charge in [0.25, 0.3) is 0 Å². The molecule has 0 spiro atoms. The van der Waals surface area contributed by atoms with Gasteiger partial charge in [-0.05, 0) is 18.7 Å². The molecule has 5 heteroatoms. The minimum Gasteiger partial charge on any atom is -0.389 e. The Kier molecular flexibility index (Phi) is 5.99. The van der Waals surface area contributed by atoms with Crippen LogP contribution >= 0.6 is 12.4 Å². The molecule has 0 fully saturated rings. The SMILES string of the molecule is CNC[C@@H](O)[C@H](c1ccccc1)n1cc(C#N)c2ccccc21.Cl. The quantitative estimate of drug-likeness (QED) is 0.749. The van der Waals surface area contributed by atoms with Gasteiger partial charge in [-0.25, -0.2) is 0 Å². The van der Waals surface area contributed by atoms with E-state index < -0.39 is 6.10 Å². The second-order valence-corrected chi connectivity index (χ2v) is 5.56. The number of benzene rings is 2. The summed E-state index contributed by atoms with van der Waals surface area (Å²) < 4.78 is 2.01. The van der Waals surface area contributed by atoms with Gasteiger partial charge in [-0.1, -0.05) is 48.5 Å². The van der Waals surface area contributed by atoms with Gasteiger partial charge in [0.2, 0.25) is 0 Å². The number of likely N-dealkylation sites (N-methyl/N-ethyl adjacent to an activating group) is 1. The number of fused-ring (bicyclic) bond motifs is 1. The van der Waals surface area contributed by atoms with Crippen molar-refractivity contribution in [3.63, 3.8) is 0 Å². The lowest BCUT2D eigenvalue weighted by Crippen LogP contribution is -2.33. The van der Waals surface area contributed by atoms with Gasteiger partial charge in [-0.2, -0.15) is 5.26 Å². The summed E-state index contributed by atoms with van der Waals surface area (Å²) in [4.78, 5) is 0. The van der Waals surface area contributed by atoms with Gasteiger partial charge in [0, 0.05) is 18.1 Å². The average molecular weight is 342 g/mol. The Morgan fingerprint density at radius 1 is 1.12 bits per heavy atom. The van der Waals surface area contributed by atoms with Gasteiger partial charge in [-0.3, -0.25) is 0 Å². The molecule has 3 rings (SSSR count). The molecule has 2 atom stereocenters. The predicted molar refractivity (Wildman–Crippen MR) is 98.4 cm³/mol. The minimum atomic E-state index is -0.607. The first-order valence-corrected chi connectivity index (χ1v) is 7.63. The highest BCUT2D eigenvalue weighted by atomic mass is 35.5. The zero-order valence-corrected chi connectivity index (χ0v) is 14.2. The first-order chi connectivity index (χ1) is 11.3. The fourth-order valence-corrected chi connectivity index (χ4v) is 3.06. The molecule has 0 unspecified atom stereocenters. The van der Waals surface area contributed by atoms with E-state index in [0.29, 0.717) is 12.1 Å². The van der Waals surface area contributed by atoms with Crippen molar-refractivity contribution in [3.8, 4) is 6.07 Å². The van der Waals surface area contributed by atoms with E-state index in [0.717, 1.165) is 16.5 Å². The summed E-state index contributed by atoms with van der Waals surface area (Å²) in [6.45, 7) is 0.466. The molecule has 2 aromatic carbocycles. The van der Waals surface area contributed by atoms with Crippen LogP contribution in [0.25, 0.3) is 10.9 Å². The number of nitriles is 1. The summed E-state index contributed by atoms with van der Waals surface area (Å²) in [7, 11) is 1.82. The number of hydrogen-bond donors (Lipinski definition) is 2. The lowest BCUT2D eigenvalue weighted by molar-refractivity contribution is 0.132. The molecule has 3 aromatic rings. The van der Waals surface area contributed by atoms with Crippen molar-refractivity contribution in [2.24, 2.45) is 0 Å². The number of hydrogen-bond acceptors (Lipinski definition) is 3. The summed E-state index contributed by atoms with van der Waals surface area (Å²) in [5, 5.41) is 24.0. The third-order valence-corrected chi connectivity index (χ3v) is 4.08. The van der Waals surface area contributed by atoms with Gasteiger partial charge in [0.15, 0.2) is 0 Å². The van der Waals surface area contributed by atoms with E-state index in [-0.39, 0.29) is 18.4 Å². The topological polar surface area (TPSA) is 61.0 Å². The van der Waals surface area contributed by atoms with Crippen molar-refractivity contribution in [2.75, 3.05) is 13.6 Å². The van der Waals surface area contributed by atoms with Crippen LogP contribution in [0.3, 0.4) is 0 Å². The van der Waals surface area contributed by atoms with Crippen LogP contribution in [0.5, 0.6) is 0 Å². The van der Waals surface area contributed by atoms with Gasteiger partial charge in [0.1, 0.15) is 6.07 Å². The zero-order valence-electron chi connectivity index (χ0n) is 13.4. The van der Waals surface area contributed by atoms with Crippen LogP contribution in [0.4, 0.5) is 0 Å². The van der Waals surface area contributed by atoms with Crippen LogP contribution in [0.2, 0.25) is 0 Å². The molecule has 2 N–H and O–H groups in total. The number of aliphatic hydroxyl groups excluding tert-OH is 1. The highest BCUT2D eigenvalue weighted by Gasteiger charge is 2.24. The fourth-order valence-electron chi connectivity index (χ4n) is 3.06. The molecule has 0 radical (unpaired) electrons. The maximum absolute atomic E-state index is 10.7. The van der Waals surface area contributed by atoms with E-state index in [9.17, 15) is 10.4 Å². The lowest BCUT2D eigenvalue weighted by atomic mass is 10.0. The molecule has 0 saturated heterocycles. The van der Waals surface area contributed by atoms with E-state index >= 15 is 0 Å². The number of halogens is 1. The Hall–Kier alpha value is -2.32. The molecular weight excluding hydrogens is 322 g/mol. The smallest absolute Gasteiger partial charge is 0.101 e. The number of rotatable bonds is 5. The van der Waals surface area contributed by atoms with Crippen LogP contribution in [-0.4, -0.2) is 29.4 Å². The second-order valence-electron chi connectivity index (χ2n) is 5.56. The first-order valence-electron chi connectivity index (χ1n) is 7.63. The van der Waals surface area contributed by atoms with Crippen LogP contribution in [-0.2, 0) is 0 Å². The van der Waals surface area contributed by atoms with E-state index in [1.165, 1.54) is 0 Å². The van der Waals surface area contributed by atoms with Crippen LogP contribution in [0, 0.1) is 11.3 Å². The summed E-state index contributed by atoms with van der Waals surface area (Å²) >= 11 is 0. The average Bonchev–Trinajstić information content (AvgIpc) is 2.95. The summed E-state index contributed by atoms with van der Waals surface area (Å²) in [6, 6.07) is 19.7. The third kappa shape index (κ3) is 3.29. The monoisotopic (exact) mass is 341 g/mol.